The van der Waals surface area contributed by atoms with E-state index in [9.17, 15) is 4.39 Å². The van der Waals surface area contributed by atoms with Gasteiger partial charge in [0.15, 0.2) is 0 Å². The van der Waals surface area contributed by atoms with Gasteiger partial charge >= 0.3 is 0 Å². The molecule has 3 nitrogen and oxygen atoms in total. The van der Waals surface area contributed by atoms with Crippen LogP contribution in [0.5, 0.6) is 0 Å². The Morgan fingerprint density at radius 3 is 2.94 bits per heavy atom. The summed E-state index contributed by atoms with van der Waals surface area (Å²) in [4.78, 5) is 3.94. The minimum atomic E-state index is -0.305. The van der Waals surface area contributed by atoms with E-state index in [0.717, 1.165) is 5.56 Å². The molecule has 0 fully saturated rings. The second kappa shape index (κ2) is 5.99. The van der Waals surface area contributed by atoms with Gasteiger partial charge in [-0.2, -0.15) is 0 Å². The Balaban J connectivity index is 2.19. The van der Waals surface area contributed by atoms with Gasteiger partial charge in [-0.3, -0.25) is 0 Å². The molecule has 0 atom stereocenters. The summed E-state index contributed by atoms with van der Waals surface area (Å²) in [6.45, 7) is 0.580. The molecule has 0 saturated heterocycles. The van der Waals surface area contributed by atoms with Crippen molar-refractivity contribution in [1.82, 2.24) is 9.55 Å². The Hall–Kier alpha value is -2.12. The second-order valence-corrected chi connectivity index (χ2v) is 3.86. The van der Waals surface area contributed by atoms with Gasteiger partial charge in [-0.25, -0.2) is 9.37 Å². The number of rotatable bonds is 3. The average molecular weight is 244 g/mol. The Morgan fingerprint density at radius 2 is 2.22 bits per heavy atom. The van der Waals surface area contributed by atoms with Gasteiger partial charge in [0.2, 0.25) is 0 Å². The lowest BCUT2D eigenvalue weighted by molar-refractivity contribution is 0.305. The zero-order valence-corrected chi connectivity index (χ0v) is 9.81. The first kappa shape index (κ1) is 12.3. The molecular formula is C14H13FN2O. The topological polar surface area (TPSA) is 38.0 Å². The van der Waals surface area contributed by atoms with Crippen LogP contribution >= 0.6 is 0 Å². The first-order valence-electron chi connectivity index (χ1n) is 5.63. The maximum Gasteiger partial charge on any atom is 0.124 e. The van der Waals surface area contributed by atoms with E-state index < -0.39 is 0 Å². The van der Waals surface area contributed by atoms with Crippen molar-refractivity contribution in [2.75, 3.05) is 6.61 Å². The zero-order chi connectivity index (χ0) is 12.8. The minimum Gasteiger partial charge on any atom is -0.395 e. The number of halogens is 1. The summed E-state index contributed by atoms with van der Waals surface area (Å²) < 4.78 is 15.3. The highest BCUT2D eigenvalue weighted by molar-refractivity contribution is 5.37. The van der Waals surface area contributed by atoms with Gasteiger partial charge in [0.05, 0.1) is 12.9 Å². The molecule has 0 aliphatic rings. The molecule has 0 unspecified atom stereocenters. The molecule has 0 aliphatic heterocycles. The van der Waals surface area contributed by atoms with Gasteiger partial charge in [0.1, 0.15) is 5.82 Å². The summed E-state index contributed by atoms with van der Waals surface area (Å²) in [7, 11) is 0. The third kappa shape index (κ3) is 3.44. The molecule has 2 rings (SSSR count). The van der Waals surface area contributed by atoms with Crippen LogP contribution in [0, 0.1) is 17.7 Å². The summed E-state index contributed by atoms with van der Waals surface area (Å²) in [5.74, 6) is 5.31. The Bertz CT molecular complexity index is 567. The molecule has 1 aromatic carbocycles. The number of aliphatic hydroxyl groups is 1. The lowest BCUT2D eigenvalue weighted by Crippen LogP contribution is -1.97. The Kier molecular flexibility index (Phi) is 4.11. The summed E-state index contributed by atoms with van der Waals surface area (Å²) in [6, 6.07) is 4.71. The molecule has 1 aromatic heterocycles. The third-order valence-corrected chi connectivity index (χ3v) is 2.35. The fourth-order valence-corrected chi connectivity index (χ4v) is 1.63. The Labute approximate surface area is 105 Å². The Morgan fingerprint density at radius 1 is 1.33 bits per heavy atom. The standard InChI is InChI=1S/C14H13FN2O/c15-14-8-12(3-1-2-6-18)7-13(9-14)10-17-5-4-16-11-17/h4-5,7-9,11,18H,2,6,10H2. The fourth-order valence-electron chi connectivity index (χ4n) is 1.63. The van der Waals surface area contributed by atoms with Crippen molar-refractivity contribution in [3.8, 4) is 11.8 Å². The van der Waals surface area contributed by atoms with Crippen molar-refractivity contribution in [3.05, 3.63) is 53.9 Å². The van der Waals surface area contributed by atoms with Crippen molar-refractivity contribution < 1.29 is 9.50 Å². The maximum absolute atomic E-state index is 13.4. The highest BCUT2D eigenvalue weighted by atomic mass is 19.1. The summed E-state index contributed by atoms with van der Waals surface area (Å²) in [6.07, 6.45) is 5.58. The van der Waals surface area contributed by atoms with Gasteiger partial charge in [-0.15, -0.1) is 0 Å². The first-order valence-corrected chi connectivity index (χ1v) is 5.63. The molecule has 0 bridgehead atoms. The molecule has 1 heterocycles. The molecular weight excluding hydrogens is 231 g/mol. The van der Waals surface area contributed by atoms with Crippen LogP contribution in [0.15, 0.2) is 36.9 Å². The normalized spacial score (nSPS) is 9.89. The number of benzene rings is 1. The number of nitrogens with zero attached hydrogens (tertiary/aromatic N) is 2. The highest BCUT2D eigenvalue weighted by Gasteiger charge is 2.00. The van der Waals surface area contributed by atoms with E-state index in [2.05, 4.69) is 16.8 Å². The molecule has 2 aromatic rings. The first-order chi connectivity index (χ1) is 8.78. The average Bonchev–Trinajstić information content (AvgIpc) is 2.81. The van der Waals surface area contributed by atoms with E-state index in [1.165, 1.54) is 12.1 Å². The van der Waals surface area contributed by atoms with E-state index in [0.29, 0.717) is 18.5 Å². The van der Waals surface area contributed by atoms with Crippen LogP contribution in [0.4, 0.5) is 4.39 Å². The van der Waals surface area contributed by atoms with Gasteiger partial charge in [0, 0.05) is 30.9 Å². The number of aliphatic hydroxyl groups excluding tert-OH is 1. The van der Waals surface area contributed by atoms with E-state index >= 15 is 0 Å². The van der Waals surface area contributed by atoms with E-state index in [4.69, 9.17) is 5.11 Å². The van der Waals surface area contributed by atoms with Gasteiger partial charge in [-0.1, -0.05) is 11.8 Å². The SMILES string of the molecule is OCCC#Cc1cc(F)cc(Cn2ccnc2)c1. The van der Waals surface area contributed by atoms with Crippen LogP contribution in [0.1, 0.15) is 17.5 Å². The highest BCUT2D eigenvalue weighted by Crippen LogP contribution is 2.10. The van der Waals surface area contributed by atoms with Crippen LogP contribution in [0.2, 0.25) is 0 Å². The zero-order valence-electron chi connectivity index (χ0n) is 9.81. The van der Waals surface area contributed by atoms with E-state index in [-0.39, 0.29) is 12.4 Å². The lowest BCUT2D eigenvalue weighted by atomic mass is 10.1. The lowest BCUT2D eigenvalue weighted by Gasteiger charge is -2.03. The molecule has 0 saturated carbocycles. The third-order valence-electron chi connectivity index (χ3n) is 2.35. The van der Waals surface area contributed by atoms with E-state index in [1.54, 1.807) is 12.5 Å². The van der Waals surface area contributed by atoms with Crippen molar-refractivity contribution in [1.29, 1.82) is 0 Å². The van der Waals surface area contributed by atoms with Crippen molar-refractivity contribution in [2.45, 2.75) is 13.0 Å². The largest absolute Gasteiger partial charge is 0.395 e. The molecule has 0 spiro atoms. The van der Waals surface area contributed by atoms with Crippen molar-refractivity contribution >= 4 is 0 Å². The summed E-state index contributed by atoms with van der Waals surface area (Å²) >= 11 is 0. The predicted octanol–water partition coefficient (Wildman–Crippen LogP) is 1.80. The quantitative estimate of drug-likeness (QED) is 0.836. The van der Waals surface area contributed by atoms with Gasteiger partial charge in [-0.05, 0) is 23.8 Å². The minimum absolute atomic E-state index is 0.0181. The molecule has 0 radical (unpaired) electrons. The number of hydrogen-bond acceptors (Lipinski definition) is 2. The summed E-state index contributed by atoms with van der Waals surface area (Å²) in [5, 5.41) is 8.64. The molecule has 4 heteroatoms. The second-order valence-electron chi connectivity index (χ2n) is 3.86. The molecule has 1 N–H and O–H groups in total. The summed E-state index contributed by atoms with van der Waals surface area (Å²) in [5.41, 5.74) is 1.46. The van der Waals surface area contributed by atoms with Gasteiger partial charge < -0.3 is 9.67 Å². The molecule has 0 aliphatic carbocycles. The molecule has 0 amide bonds. The maximum atomic E-state index is 13.4. The monoisotopic (exact) mass is 244 g/mol. The van der Waals surface area contributed by atoms with Crippen molar-refractivity contribution in [3.63, 3.8) is 0 Å². The van der Waals surface area contributed by atoms with Crippen LogP contribution < -0.4 is 0 Å². The number of hydrogen-bond donors (Lipinski definition) is 1. The smallest absolute Gasteiger partial charge is 0.124 e. The molecule has 18 heavy (non-hydrogen) atoms. The van der Waals surface area contributed by atoms with Gasteiger partial charge in [0.25, 0.3) is 0 Å². The predicted molar refractivity (Wildman–Crippen MR) is 66.3 cm³/mol. The van der Waals surface area contributed by atoms with Crippen LogP contribution in [-0.2, 0) is 6.54 Å². The fraction of sp³-hybridized carbons (Fsp3) is 0.214. The number of imidazole rings is 1. The molecule has 92 valence electrons. The van der Waals surface area contributed by atoms with Crippen LogP contribution in [-0.4, -0.2) is 21.3 Å². The van der Waals surface area contributed by atoms with Crippen LogP contribution in [0.25, 0.3) is 0 Å². The van der Waals surface area contributed by atoms with E-state index in [1.807, 2.05) is 16.8 Å². The van der Waals surface area contributed by atoms with Crippen LogP contribution in [0.3, 0.4) is 0 Å². The number of aromatic nitrogens is 2. The van der Waals surface area contributed by atoms with Crippen molar-refractivity contribution in [2.24, 2.45) is 0 Å².